The number of aliphatic imine (C=N–C) groups is 1. The third-order valence-corrected chi connectivity index (χ3v) is 5.24. The fraction of sp³-hybridized carbons (Fsp3) is 0.375. The highest BCUT2D eigenvalue weighted by atomic mass is 16.5. The van der Waals surface area contributed by atoms with Gasteiger partial charge in [0.05, 0.1) is 12.8 Å². The molecule has 0 atom stereocenters. The normalized spacial score (nSPS) is 14.2. The van der Waals surface area contributed by atoms with Crippen LogP contribution in [0.2, 0.25) is 0 Å². The van der Waals surface area contributed by atoms with Crippen LogP contribution in [0, 0.1) is 0 Å². The first-order valence-electron chi connectivity index (χ1n) is 10.6. The average molecular weight is 440 g/mol. The number of fused-ring (bicyclic) bond motifs is 1. The summed E-state index contributed by atoms with van der Waals surface area (Å²) in [5, 5.41) is 24.1. The van der Waals surface area contributed by atoms with Gasteiger partial charge in [-0.15, -0.1) is 0 Å². The van der Waals surface area contributed by atoms with Crippen molar-refractivity contribution in [3.8, 4) is 16.9 Å². The number of methoxy groups -OCH3 is 1. The van der Waals surface area contributed by atoms with Gasteiger partial charge in [0.25, 0.3) is 0 Å². The highest BCUT2D eigenvalue weighted by molar-refractivity contribution is 6.09. The van der Waals surface area contributed by atoms with Crippen molar-refractivity contribution in [3.63, 3.8) is 0 Å². The van der Waals surface area contributed by atoms with Crippen molar-refractivity contribution in [2.75, 3.05) is 26.9 Å². The SMILES string of the molecule is CCn1cc(-c2cc3c(cc2OCCCOC)CCN=CC(C(=O)O)=C(O)C=C3C)cn1. The van der Waals surface area contributed by atoms with E-state index < -0.39 is 5.97 Å². The van der Waals surface area contributed by atoms with Gasteiger partial charge in [-0.1, -0.05) is 0 Å². The second kappa shape index (κ2) is 10.8. The molecule has 170 valence electrons. The number of rotatable bonds is 8. The number of allylic oxidation sites excluding steroid dienone is 2. The Bertz CT molecular complexity index is 1070. The lowest BCUT2D eigenvalue weighted by atomic mass is 9.92. The molecule has 1 aliphatic heterocycles. The van der Waals surface area contributed by atoms with Gasteiger partial charge in [-0.3, -0.25) is 9.67 Å². The summed E-state index contributed by atoms with van der Waals surface area (Å²) in [5.41, 5.74) is 4.25. The summed E-state index contributed by atoms with van der Waals surface area (Å²) in [6.45, 7) is 6.14. The van der Waals surface area contributed by atoms with Gasteiger partial charge in [-0.05, 0) is 55.2 Å². The van der Waals surface area contributed by atoms with Crippen LogP contribution < -0.4 is 4.74 Å². The molecule has 0 amide bonds. The van der Waals surface area contributed by atoms with Crippen LogP contribution in [0.15, 0.2) is 46.9 Å². The van der Waals surface area contributed by atoms with E-state index in [0.717, 1.165) is 46.5 Å². The number of aromatic nitrogens is 2. The van der Waals surface area contributed by atoms with Crippen molar-refractivity contribution in [2.24, 2.45) is 4.99 Å². The fourth-order valence-corrected chi connectivity index (χ4v) is 3.53. The van der Waals surface area contributed by atoms with E-state index in [1.165, 1.54) is 12.3 Å². The number of carboxylic acids is 1. The summed E-state index contributed by atoms with van der Waals surface area (Å²) in [5.74, 6) is -0.800. The van der Waals surface area contributed by atoms with Gasteiger partial charge < -0.3 is 19.7 Å². The highest BCUT2D eigenvalue weighted by Crippen LogP contribution is 2.36. The molecule has 0 bridgehead atoms. The van der Waals surface area contributed by atoms with E-state index in [9.17, 15) is 15.0 Å². The van der Waals surface area contributed by atoms with E-state index in [2.05, 4.69) is 10.1 Å². The first kappa shape index (κ1) is 23.3. The van der Waals surface area contributed by atoms with Crippen LogP contribution >= 0.6 is 0 Å². The second-order valence-electron chi connectivity index (χ2n) is 7.50. The topological polar surface area (TPSA) is 106 Å². The zero-order valence-corrected chi connectivity index (χ0v) is 18.7. The number of aliphatic hydroxyl groups excluding tert-OH is 1. The molecule has 8 nitrogen and oxygen atoms in total. The van der Waals surface area contributed by atoms with E-state index in [1.807, 2.05) is 36.9 Å². The van der Waals surface area contributed by atoms with Gasteiger partial charge >= 0.3 is 5.97 Å². The zero-order chi connectivity index (χ0) is 23.1. The van der Waals surface area contributed by atoms with Crippen molar-refractivity contribution in [2.45, 2.75) is 33.2 Å². The number of hydrogen-bond acceptors (Lipinski definition) is 6. The number of aliphatic hydroxyl groups is 1. The van der Waals surface area contributed by atoms with Gasteiger partial charge in [-0.25, -0.2) is 4.79 Å². The lowest BCUT2D eigenvalue weighted by molar-refractivity contribution is -0.132. The Kier molecular flexibility index (Phi) is 7.83. The largest absolute Gasteiger partial charge is 0.507 e. The number of carboxylic acid groups (broad SMARTS) is 1. The van der Waals surface area contributed by atoms with Crippen LogP contribution in [-0.4, -0.2) is 59.0 Å². The molecule has 2 N–H and O–H groups in total. The monoisotopic (exact) mass is 439 g/mol. The molecule has 2 heterocycles. The molecule has 0 fully saturated rings. The number of aryl methyl sites for hydroxylation is 1. The Labute approximate surface area is 187 Å². The van der Waals surface area contributed by atoms with Crippen molar-refractivity contribution in [1.82, 2.24) is 9.78 Å². The maximum atomic E-state index is 11.5. The zero-order valence-electron chi connectivity index (χ0n) is 18.7. The minimum absolute atomic E-state index is 0.227. The maximum Gasteiger partial charge on any atom is 0.341 e. The molecule has 1 aromatic carbocycles. The summed E-state index contributed by atoms with van der Waals surface area (Å²) >= 11 is 0. The third kappa shape index (κ3) is 5.45. The Balaban J connectivity index is 2.11. The van der Waals surface area contributed by atoms with Crippen LogP contribution in [0.1, 0.15) is 31.4 Å². The van der Waals surface area contributed by atoms with Gasteiger partial charge in [-0.2, -0.15) is 5.10 Å². The summed E-state index contributed by atoms with van der Waals surface area (Å²) in [7, 11) is 1.66. The van der Waals surface area contributed by atoms with Crippen LogP contribution in [0.4, 0.5) is 0 Å². The van der Waals surface area contributed by atoms with Gasteiger partial charge in [0, 0.05) is 56.8 Å². The first-order chi connectivity index (χ1) is 15.4. The van der Waals surface area contributed by atoms with Gasteiger partial charge in [0.15, 0.2) is 0 Å². The van der Waals surface area contributed by atoms with Crippen LogP contribution in [-0.2, 0) is 22.5 Å². The van der Waals surface area contributed by atoms with E-state index in [1.54, 1.807) is 13.3 Å². The fourth-order valence-electron chi connectivity index (χ4n) is 3.53. The number of hydrogen-bond donors (Lipinski definition) is 2. The first-order valence-corrected chi connectivity index (χ1v) is 10.6. The number of benzene rings is 1. The molecule has 0 unspecified atom stereocenters. The number of nitrogens with zero attached hydrogens (tertiary/aromatic N) is 3. The highest BCUT2D eigenvalue weighted by Gasteiger charge is 2.18. The molecule has 0 radical (unpaired) electrons. The molecule has 0 spiro atoms. The van der Waals surface area contributed by atoms with Crippen molar-refractivity contribution >= 4 is 17.8 Å². The van der Waals surface area contributed by atoms with Gasteiger partial charge in [0.2, 0.25) is 0 Å². The lowest BCUT2D eigenvalue weighted by Gasteiger charge is -2.18. The van der Waals surface area contributed by atoms with Crippen LogP contribution in [0.3, 0.4) is 0 Å². The Hall–Kier alpha value is -3.39. The minimum Gasteiger partial charge on any atom is -0.507 e. The standard InChI is InChI=1S/C24H29N3O5/c1-4-27-15-18(13-26-27)20-12-19-16(2)10-22(28)21(24(29)30)14-25-7-6-17(19)11-23(20)32-9-5-8-31-3/h10-15,28H,4-9H2,1-3H3,(H,29,30). The predicted octanol–water partition coefficient (Wildman–Crippen LogP) is 3.91. The van der Waals surface area contributed by atoms with Crippen LogP contribution in [0.5, 0.6) is 5.75 Å². The summed E-state index contributed by atoms with van der Waals surface area (Å²) < 4.78 is 13.1. The van der Waals surface area contributed by atoms with E-state index >= 15 is 0 Å². The smallest absolute Gasteiger partial charge is 0.341 e. The molecule has 1 aromatic heterocycles. The van der Waals surface area contributed by atoms with E-state index in [0.29, 0.717) is 26.2 Å². The van der Waals surface area contributed by atoms with Gasteiger partial charge in [0.1, 0.15) is 17.1 Å². The summed E-state index contributed by atoms with van der Waals surface area (Å²) in [6.07, 6.45) is 7.82. The van der Waals surface area contributed by atoms with Crippen molar-refractivity contribution < 1.29 is 24.5 Å². The number of carbonyl (C=O) groups is 1. The third-order valence-electron chi connectivity index (χ3n) is 5.24. The molecule has 2 aromatic rings. The van der Waals surface area contributed by atoms with E-state index in [-0.39, 0.29) is 11.3 Å². The molecule has 8 heteroatoms. The molecular weight excluding hydrogens is 410 g/mol. The molecular formula is C24H29N3O5. The molecule has 0 saturated heterocycles. The van der Waals surface area contributed by atoms with Crippen LogP contribution in [0.25, 0.3) is 16.7 Å². The van der Waals surface area contributed by atoms with E-state index in [4.69, 9.17) is 9.47 Å². The minimum atomic E-state index is -1.22. The lowest BCUT2D eigenvalue weighted by Crippen LogP contribution is -2.08. The Morgan fingerprint density at radius 1 is 1.25 bits per heavy atom. The molecule has 0 saturated carbocycles. The summed E-state index contributed by atoms with van der Waals surface area (Å²) in [6, 6.07) is 4.02. The Morgan fingerprint density at radius 2 is 2.06 bits per heavy atom. The quantitative estimate of drug-likeness (QED) is 0.604. The predicted molar refractivity (Wildman–Crippen MR) is 123 cm³/mol. The summed E-state index contributed by atoms with van der Waals surface area (Å²) in [4.78, 5) is 15.7. The molecule has 1 aliphatic rings. The number of aliphatic carboxylic acids is 1. The maximum absolute atomic E-state index is 11.5. The van der Waals surface area contributed by atoms with Crippen molar-refractivity contribution in [3.05, 3.63) is 53.1 Å². The average Bonchev–Trinajstić information content (AvgIpc) is 3.25. The Morgan fingerprint density at radius 3 is 2.75 bits per heavy atom. The number of ether oxygens (including phenoxy) is 2. The molecule has 32 heavy (non-hydrogen) atoms. The van der Waals surface area contributed by atoms with Crippen molar-refractivity contribution in [1.29, 1.82) is 0 Å². The molecule has 3 rings (SSSR count). The second-order valence-corrected chi connectivity index (χ2v) is 7.50. The molecule has 0 aliphatic carbocycles.